The van der Waals surface area contributed by atoms with E-state index in [1.807, 2.05) is 13.0 Å². The zero-order valence-electron chi connectivity index (χ0n) is 8.36. The summed E-state index contributed by atoms with van der Waals surface area (Å²) in [5, 5.41) is 4.38. The number of hydrogen-bond donors (Lipinski definition) is 0. The second-order valence-corrected chi connectivity index (χ2v) is 4.80. The number of halogens is 3. The van der Waals surface area contributed by atoms with Crippen molar-refractivity contribution < 1.29 is 4.39 Å². The first kappa shape index (κ1) is 11.8. The highest BCUT2D eigenvalue weighted by molar-refractivity contribution is 14.1. The second-order valence-electron chi connectivity index (χ2n) is 3.31. The molecule has 1 unspecified atom stereocenters. The highest BCUT2D eigenvalue weighted by atomic mass is 127. The van der Waals surface area contributed by atoms with Crippen molar-refractivity contribution >= 4 is 34.2 Å². The largest absolute Gasteiger partial charge is 0.264 e. The van der Waals surface area contributed by atoms with Crippen LogP contribution < -0.4 is 0 Å². The molecule has 1 atom stereocenters. The molecule has 2 rings (SSSR count). The fraction of sp³-hybridized carbons (Fsp3) is 0.200. The SMILES string of the molecule is CC(c1ccc(Cl)nc1F)n1ccc(I)n1. The molecule has 6 heteroatoms. The van der Waals surface area contributed by atoms with E-state index in [-0.39, 0.29) is 11.2 Å². The summed E-state index contributed by atoms with van der Waals surface area (Å²) in [6, 6.07) is 4.86. The van der Waals surface area contributed by atoms with E-state index in [9.17, 15) is 4.39 Å². The van der Waals surface area contributed by atoms with Gasteiger partial charge in [-0.3, -0.25) is 4.68 Å². The van der Waals surface area contributed by atoms with Crippen molar-refractivity contribution in [3.63, 3.8) is 0 Å². The Hall–Kier alpha value is -0.690. The summed E-state index contributed by atoms with van der Waals surface area (Å²) in [4.78, 5) is 3.58. The molecular weight excluding hydrogens is 343 g/mol. The van der Waals surface area contributed by atoms with Crippen LogP contribution in [0.3, 0.4) is 0 Å². The molecule has 2 heterocycles. The van der Waals surface area contributed by atoms with Crippen molar-refractivity contribution in [2.24, 2.45) is 0 Å². The molecule has 0 amide bonds. The molecule has 16 heavy (non-hydrogen) atoms. The number of hydrogen-bond acceptors (Lipinski definition) is 2. The van der Waals surface area contributed by atoms with Crippen molar-refractivity contribution in [2.75, 3.05) is 0 Å². The third-order valence-electron chi connectivity index (χ3n) is 2.27. The van der Waals surface area contributed by atoms with Gasteiger partial charge in [-0.05, 0) is 47.7 Å². The minimum Gasteiger partial charge on any atom is -0.264 e. The molecule has 3 nitrogen and oxygen atoms in total. The van der Waals surface area contributed by atoms with Gasteiger partial charge in [-0.25, -0.2) is 4.98 Å². The average molecular weight is 352 g/mol. The van der Waals surface area contributed by atoms with Gasteiger partial charge in [0.2, 0.25) is 5.95 Å². The Labute approximate surface area is 111 Å². The lowest BCUT2D eigenvalue weighted by molar-refractivity contribution is 0.500. The van der Waals surface area contributed by atoms with Gasteiger partial charge in [-0.1, -0.05) is 11.6 Å². The van der Waals surface area contributed by atoms with Crippen LogP contribution in [0.4, 0.5) is 4.39 Å². The summed E-state index contributed by atoms with van der Waals surface area (Å²) in [5.41, 5.74) is 0.476. The van der Waals surface area contributed by atoms with Crippen molar-refractivity contribution in [1.82, 2.24) is 14.8 Å². The van der Waals surface area contributed by atoms with Gasteiger partial charge in [0.15, 0.2) is 0 Å². The van der Waals surface area contributed by atoms with Crippen LogP contribution in [0.15, 0.2) is 24.4 Å². The third-order valence-corrected chi connectivity index (χ3v) is 3.05. The van der Waals surface area contributed by atoms with Gasteiger partial charge >= 0.3 is 0 Å². The smallest absolute Gasteiger partial charge is 0.219 e. The minimum absolute atomic E-state index is 0.156. The van der Waals surface area contributed by atoms with Gasteiger partial charge in [-0.15, -0.1) is 0 Å². The Bertz CT molecular complexity index is 515. The maximum Gasteiger partial charge on any atom is 0.219 e. The fourth-order valence-corrected chi connectivity index (χ4v) is 1.95. The predicted molar refractivity (Wildman–Crippen MR) is 68.0 cm³/mol. The molecule has 2 aromatic heterocycles. The quantitative estimate of drug-likeness (QED) is 0.614. The van der Waals surface area contributed by atoms with Gasteiger partial charge in [-0.2, -0.15) is 9.49 Å². The summed E-state index contributed by atoms with van der Waals surface area (Å²) in [6.45, 7) is 1.86. The Kier molecular flexibility index (Phi) is 3.44. The van der Waals surface area contributed by atoms with E-state index in [0.717, 1.165) is 3.70 Å². The first-order valence-corrected chi connectivity index (χ1v) is 6.06. The van der Waals surface area contributed by atoms with E-state index >= 15 is 0 Å². The number of rotatable bonds is 2. The molecular formula is C10H8ClFIN3. The zero-order chi connectivity index (χ0) is 11.7. The topological polar surface area (TPSA) is 30.7 Å². The van der Waals surface area contributed by atoms with Crippen LogP contribution in [0.1, 0.15) is 18.5 Å². The first-order chi connectivity index (χ1) is 7.58. The summed E-state index contributed by atoms with van der Waals surface area (Å²) >= 11 is 7.70. The molecule has 0 bridgehead atoms. The first-order valence-electron chi connectivity index (χ1n) is 4.60. The highest BCUT2D eigenvalue weighted by Crippen LogP contribution is 2.21. The highest BCUT2D eigenvalue weighted by Gasteiger charge is 2.14. The predicted octanol–water partition coefficient (Wildman–Crippen LogP) is 3.28. The average Bonchev–Trinajstić information content (AvgIpc) is 2.64. The Balaban J connectivity index is 2.37. The van der Waals surface area contributed by atoms with Crippen LogP contribution >= 0.6 is 34.2 Å². The third kappa shape index (κ3) is 2.35. The molecule has 0 saturated carbocycles. The lowest BCUT2D eigenvalue weighted by Gasteiger charge is -2.12. The van der Waals surface area contributed by atoms with Crippen LogP contribution in [0.25, 0.3) is 0 Å². The standard InChI is InChI=1S/C10H8ClFIN3/c1-6(16-5-4-9(13)15-16)7-2-3-8(11)14-10(7)12/h2-6H,1H3. The zero-order valence-corrected chi connectivity index (χ0v) is 11.3. The molecule has 0 radical (unpaired) electrons. The number of nitrogens with zero attached hydrogens (tertiary/aromatic N) is 3. The molecule has 84 valence electrons. The molecule has 0 aliphatic heterocycles. The number of aromatic nitrogens is 3. The van der Waals surface area contributed by atoms with E-state index in [1.165, 1.54) is 0 Å². The Morgan fingerprint density at radius 2 is 2.19 bits per heavy atom. The molecule has 0 aliphatic rings. The monoisotopic (exact) mass is 351 g/mol. The van der Waals surface area contributed by atoms with Crippen LogP contribution in [-0.2, 0) is 0 Å². The summed E-state index contributed by atoms with van der Waals surface area (Å²) < 4.78 is 16.1. The van der Waals surface area contributed by atoms with Crippen molar-refractivity contribution in [3.8, 4) is 0 Å². The Morgan fingerprint density at radius 1 is 1.44 bits per heavy atom. The van der Waals surface area contributed by atoms with Crippen molar-refractivity contribution in [1.29, 1.82) is 0 Å². The van der Waals surface area contributed by atoms with Crippen molar-refractivity contribution in [2.45, 2.75) is 13.0 Å². The Morgan fingerprint density at radius 3 is 2.75 bits per heavy atom. The van der Waals surface area contributed by atoms with Gasteiger partial charge in [0, 0.05) is 11.8 Å². The maximum atomic E-state index is 13.6. The van der Waals surface area contributed by atoms with Crippen LogP contribution in [-0.4, -0.2) is 14.8 Å². The van der Waals surface area contributed by atoms with Crippen LogP contribution in [0.2, 0.25) is 5.15 Å². The molecule has 0 spiro atoms. The lowest BCUT2D eigenvalue weighted by atomic mass is 10.1. The van der Waals surface area contributed by atoms with E-state index in [0.29, 0.717) is 5.56 Å². The molecule has 0 aliphatic carbocycles. The molecule has 0 N–H and O–H groups in total. The molecule has 0 saturated heterocycles. The van der Waals surface area contributed by atoms with Crippen LogP contribution in [0, 0.1) is 9.65 Å². The van der Waals surface area contributed by atoms with Gasteiger partial charge in [0.25, 0.3) is 0 Å². The molecule has 0 fully saturated rings. The summed E-state index contributed by atoms with van der Waals surface area (Å²) in [6.07, 6.45) is 1.81. The number of pyridine rings is 1. The van der Waals surface area contributed by atoms with E-state index in [4.69, 9.17) is 11.6 Å². The van der Waals surface area contributed by atoms with Gasteiger partial charge < -0.3 is 0 Å². The van der Waals surface area contributed by atoms with Gasteiger partial charge in [0.05, 0.1) is 6.04 Å². The van der Waals surface area contributed by atoms with Crippen molar-refractivity contribution in [3.05, 3.63) is 44.8 Å². The van der Waals surface area contributed by atoms with Gasteiger partial charge in [0.1, 0.15) is 8.85 Å². The lowest BCUT2D eigenvalue weighted by Crippen LogP contribution is -2.10. The fourth-order valence-electron chi connectivity index (χ4n) is 1.41. The van der Waals surface area contributed by atoms with E-state index in [2.05, 4.69) is 32.7 Å². The minimum atomic E-state index is -0.550. The molecule has 2 aromatic rings. The van der Waals surface area contributed by atoms with Crippen LogP contribution in [0.5, 0.6) is 0 Å². The maximum absolute atomic E-state index is 13.6. The van der Waals surface area contributed by atoms with E-state index in [1.54, 1.807) is 23.0 Å². The van der Waals surface area contributed by atoms with E-state index < -0.39 is 5.95 Å². The normalized spacial score (nSPS) is 12.8. The molecule has 0 aromatic carbocycles. The summed E-state index contributed by atoms with van der Waals surface area (Å²) in [7, 11) is 0. The summed E-state index contributed by atoms with van der Waals surface area (Å²) in [5.74, 6) is -0.550. The second kappa shape index (κ2) is 4.67.